The van der Waals surface area contributed by atoms with E-state index in [1.165, 1.54) is 12.1 Å². The molecule has 1 atom stereocenters. The molecular formula is C25H24F5N3O4S. The molecule has 2 heterocycles. The van der Waals surface area contributed by atoms with E-state index in [1.807, 2.05) is 0 Å². The van der Waals surface area contributed by atoms with E-state index in [0.29, 0.717) is 30.6 Å². The first-order valence-electron chi connectivity index (χ1n) is 11.7. The molecule has 7 nitrogen and oxygen atoms in total. The van der Waals surface area contributed by atoms with E-state index in [9.17, 15) is 35.2 Å². The first kappa shape index (κ1) is 27.7. The lowest BCUT2D eigenvalue weighted by molar-refractivity contribution is -0.137. The van der Waals surface area contributed by atoms with Crippen LogP contribution in [0.2, 0.25) is 0 Å². The zero-order valence-corrected chi connectivity index (χ0v) is 20.8. The summed E-state index contributed by atoms with van der Waals surface area (Å²) >= 11 is 0. The first-order chi connectivity index (χ1) is 17.9. The van der Waals surface area contributed by atoms with Gasteiger partial charge in [0.2, 0.25) is 10.0 Å². The third-order valence-corrected chi connectivity index (χ3v) is 8.07. The van der Waals surface area contributed by atoms with Crippen molar-refractivity contribution >= 4 is 15.8 Å². The Kier molecular flexibility index (Phi) is 8.16. The number of aryl methyl sites for hydroxylation is 1. The number of rotatable bonds is 10. The van der Waals surface area contributed by atoms with Crippen molar-refractivity contribution in [3.05, 3.63) is 77.6 Å². The van der Waals surface area contributed by atoms with Gasteiger partial charge in [0, 0.05) is 13.0 Å². The van der Waals surface area contributed by atoms with E-state index in [4.69, 9.17) is 4.74 Å². The van der Waals surface area contributed by atoms with Gasteiger partial charge >= 0.3 is 12.7 Å². The Labute approximate surface area is 215 Å². The van der Waals surface area contributed by atoms with Crippen molar-refractivity contribution in [3.63, 3.8) is 0 Å². The van der Waals surface area contributed by atoms with Crippen LogP contribution in [-0.4, -0.2) is 40.9 Å². The van der Waals surface area contributed by atoms with Crippen molar-refractivity contribution in [2.45, 2.75) is 56.0 Å². The van der Waals surface area contributed by atoms with Crippen LogP contribution in [-0.2, 0) is 34.0 Å². The number of nitrogens with zero attached hydrogens (tertiary/aromatic N) is 3. The summed E-state index contributed by atoms with van der Waals surface area (Å²) < 4.78 is 96.7. The van der Waals surface area contributed by atoms with Crippen LogP contribution in [0, 0.1) is 0 Å². The predicted molar refractivity (Wildman–Crippen MR) is 126 cm³/mol. The van der Waals surface area contributed by atoms with Crippen molar-refractivity contribution in [1.29, 1.82) is 0 Å². The molecule has 0 spiro atoms. The minimum atomic E-state index is -4.41. The lowest BCUT2D eigenvalue weighted by atomic mass is 10.0. The van der Waals surface area contributed by atoms with E-state index in [0.717, 1.165) is 34.4 Å². The third kappa shape index (κ3) is 6.38. The maximum absolute atomic E-state index is 13.0. The van der Waals surface area contributed by atoms with Gasteiger partial charge in [0.25, 0.3) is 0 Å². The topological polar surface area (TPSA) is 81.5 Å². The van der Waals surface area contributed by atoms with Crippen LogP contribution in [0.3, 0.4) is 0 Å². The predicted octanol–water partition coefficient (Wildman–Crippen LogP) is 5.23. The summed E-state index contributed by atoms with van der Waals surface area (Å²) in [7, 11) is -4.17. The van der Waals surface area contributed by atoms with Gasteiger partial charge in [0.1, 0.15) is 17.3 Å². The zero-order valence-electron chi connectivity index (χ0n) is 19.9. The molecular weight excluding hydrogens is 533 g/mol. The average Bonchev–Trinajstić information content (AvgIpc) is 3.57. The van der Waals surface area contributed by atoms with Gasteiger partial charge in [0.15, 0.2) is 5.78 Å². The Morgan fingerprint density at radius 1 is 1.11 bits per heavy atom. The second-order valence-electron chi connectivity index (χ2n) is 8.80. The Bertz CT molecular complexity index is 1370. The summed E-state index contributed by atoms with van der Waals surface area (Å²) in [4.78, 5) is 12.6. The molecule has 2 aromatic carbocycles. The SMILES string of the molecule is O=C(CCc1cccc(OCc2ccc(C(F)(F)F)cc2)c1)[C@@H]1CCCN1S(=O)(=O)c1cnn(C(F)F)c1. The van der Waals surface area contributed by atoms with Crippen LogP contribution in [0.15, 0.2) is 65.8 Å². The van der Waals surface area contributed by atoms with Gasteiger partial charge in [-0.1, -0.05) is 24.3 Å². The van der Waals surface area contributed by atoms with Gasteiger partial charge in [-0.2, -0.15) is 31.4 Å². The Morgan fingerprint density at radius 3 is 2.50 bits per heavy atom. The minimum Gasteiger partial charge on any atom is -0.489 e. The monoisotopic (exact) mass is 557 g/mol. The number of ketones is 1. The normalized spacial score (nSPS) is 16.7. The number of hydrogen-bond acceptors (Lipinski definition) is 5. The molecule has 3 aromatic rings. The molecule has 4 rings (SSSR count). The van der Waals surface area contributed by atoms with Gasteiger partial charge in [-0.05, 0) is 54.7 Å². The smallest absolute Gasteiger partial charge is 0.416 e. The molecule has 0 aliphatic carbocycles. The van der Waals surface area contributed by atoms with Crippen LogP contribution in [0.5, 0.6) is 5.75 Å². The molecule has 1 saturated heterocycles. The lowest BCUT2D eigenvalue weighted by Gasteiger charge is -2.22. The van der Waals surface area contributed by atoms with Gasteiger partial charge in [-0.3, -0.25) is 4.79 Å². The average molecular weight is 558 g/mol. The fourth-order valence-electron chi connectivity index (χ4n) is 4.23. The van der Waals surface area contributed by atoms with E-state index < -0.39 is 39.2 Å². The molecule has 38 heavy (non-hydrogen) atoms. The molecule has 1 aliphatic rings. The Hall–Kier alpha value is -3.32. The highest BCUT2D eigenvalue weighted by atomic mass is 32.2. The van der Waals surface area contributed by atoms with Crippen molar-refractivity contribution in [3.8, 4) is 5.75 Å². The molecule has 204 valence electrons. The quantitative estimate of drug-likeness (QED) is 0.319. The number of sulfonamides is 1. The summed E-state index contributed by atoms with van der Waals surface area (Å²) in [6.07, 6.45) is -1.67. The highest BCUT2D eigenvalue weighted by molar-refractivity contribution is 7.89. The summed E-state index contributed by atoms with van der Waals surface area (Å²) in [5.41, 5.74) is 0.568. The molecule has 1 aromatic heterocycles. The molecule has 1 aliphatic heterocycles. The minimum absolute atomic E-state index is 0.0509. The Balaban J connectivity index is 1.35. The van der Waals surface area contributed by atoms with E-state index in [2.05, 4.69) is 5.10 Å². The molecule has 0 radical (unpaired) electrons. The largest absolute Gasteiger partial charge is 0.489 e. The standard InChI is InChI=1S/C25H24F5N3O4S/c26-24(27)32-15-21(14-31-32)38(35,36)33-12-2-5-22(33)23(34)11-8-17-3-1-4-20(13-17)37-16-18-6-9-19(10-7-18)25(28,29)30/h1,3-4,6-7,9-10,13-15,22,24H,2,5,8,11-12,16H2/t22-/m0/s1. The van der Waals surface area contributed by atoms with Crippen LogP contribution in [0.25, 0.3) is 0 Å². The zero-order chi connectivity index (χ0) is 27.5. The number of alkyl halides is 5. The number of carbonyl (C=O) groups excluding carboxylic acids is 1. The van der Waals surface area contributed by atoms with E-state index in [1.54, 1.807) is 24.3 Å². The molecule has 0 amide bonds. The lowest BCUT2D eigenvalue weighted by Crippen LogP contribution is -2.40. The maximum atomic E-state index is 13.0. The van der Waals surface area contributed by atoms with Crippen molar-refractivity contribution in [2.75, 3.05) is 6.54 Å². The van der Waals surface area contributed by atoms with Gasteiger partial charge in [-0.15, -0.1) is 0 Å². The van der Waals surface area contributed by atoms with E-state index in [-0.39, 0.29) is 30.0 Å². The highest BCUT2D eigenvalue weighted by Gasteiger charge is 2.39. The third-order valence-electron chi connectivity index (χ3n) is 6.21. The number of hydrogen-bond donors (Lipinski definition) is 0. The van der Waals surface area contributed by atoms with Crippen molar-refractivity contribution in [1.82, 2.24) is 14.1 Å². The van der Waals surface area contributed by atoms with Crippen LogP contribution in [0.4, 0.5) is 22.0 Å². The number of Topliss-reactive ketones (excluding diaryl/α,β-unsaturated/α-hetero) is 1. The highest BCUT2D eigenvalue weighted by Crippen LogP contribution is 2.30. The fraction of sp³-hybridized carbons (Fsp3) is 0.360. The summed E-state index contributed by atoms with van der Waals surface area (Å²) in [6.45, 7) is -2.83. The van der Waals surface area contributed by atoms with Gasteiger partial charge < -0.3 is 4.74 Å². The van der Waals surface area contributed by atoms with E-state index >= 15 is 0 Å². The molecule has 0 N–H and O–H groups in total. The van der Waals surface area contributed by atoms with Gasteiger partial charge in [-0.25, -0.2) is 13.1 Å². The summed E-state index contributed by atoms with van der Waals surface area (Å²) in [6, 6.07) is 10.6. The van der Waals surface area contributed by atoms with Crippen LogP contribution in [0.1, 0.15) is 42.5 Å². The number of aromatic nitrogens is 2. The number of ether oxygens (including phenoxy) is 1. The maximum Gasteiger partial charge on any atom is 0.416 e. The van der Waals surface area contributed by atoms with Gasteiger partial charge in [0.05, 0.1) is 24.0 Å². The molecule has 0 unspecified atom stereocenters. The fourth-order valence-corrected chi connectivity index (χ4v) is 5.85. The number of benzene rings is 2. The number of carbonyl (C=O) groups is 1. The number of halogens is 5. The van der Waals surface area contributed by atoms with Crippen LogP contribution < -0.4 is 4.74 Å². The molecule has 0 bridgehead atoms. The second-order valence-corrected chi connectivity index (χ2v) is 10.7. The summed E-state index contributed by atoms with van der Waals surface area (Å²) in [5, 5.41) is 3.37. The Morgan fingerprint density at radius 2 is 1.84 bits per heavy atom. The first-order valence-corrected chi connectivity index (χ1v) is 13.1. The van der Waals surface area contributed by atoms with Crippen LogP contribution >= 0.6 is 0 Å². The summed E-state index contributed by atoms with van der Waals surface area (Å²) in [5.74, 6) is 0.180. The molecule has 13 heteroatoms. The molecule has 1 fully saturated rings. The van der Waals surface area contributed by atoms with Crippen molar-refractivity contribution < 1.29 is 39.9 Å². The second kappa shape index (κ2) is 11.2. The molecule has 0 saturated carbocycles. The van der Waals surface area contributed by atoms with Crippen molar-refractivity contribution in [2.24, 2.45) is 0 Å².